The largest absolute Gasteiger partial charge is 0.337 e. The molecular formula is C17H24ClN3O2. The molecule has 0 radical (unpaired) electrons. The second-order valence-electron chi connectivity index (χ2n) is 6.18. The van der Waals surface area contributed by atoms with Crippen LogP contribution in [0.15, 0.2) is 24.3 Å². The molecule has 126 valence electrons. The molecule has 1 unspecified atom stereocenters. The summed E-state index contributed by atoms with van der Waals surface area (Å²) in [5.74, 6) is 0.230. The van der Waals surface area contributed by atoms with E-state index in [1.54, 1.807) is 0 Å². The standard InChI is InChI=1S/C17H23N3O2.ClH/c1-13-4-6-14(7-5-13)17(22)19-9-2-3-15(12-19)20-10-8-18-11-16(20)21;/h4-7,15,18H,2-3,8-12H2,1H3;1H. The van der Waals surface area contributed by atoms with E-state index in [1.807, 2.05) is 41.0 Å². The molecule has 2 amide bonds. The number of likely N-dealkylation sites (tertiary alicyclic amines) is 1. The van der Waals surface area contributed by atoms with Crippen LogP contribution < -0.4 is 5.32 Å². The van der Waals surface area contributed by atoms with Gasteiger partial charge >= 0.3 is 0 Å². The highest BCUT2D eigenvalue weighted by molar-refractivity contribution is 5.94. The first kappa shape index (κ1) is 17.8. The molecule has 3 rings (SSSR count). The van der Waals surface area contributed by atoms with Gasteiger partial charge in [0.2, 0.25) is 5.91 Å². The maximum Gasteiger partial charge on any atom is 0.253 e. The van der Waals surface area contributed by atoms with Crippen LogP contribution in [0.4, 0.5) is 0 Å². The Morgan fingerprint density at radius 1 is 1.22 bits per heavy atom. The number of hydrogen-bond donors (Lipinski definition) is 1. The number of nitrogens with zero attached hydrogens (tertiary/aromatic N) is 2. The molecule has 0 saturated carbocycles. The van der Waals surface area contributed by atoms with Crippen LogP contribution in [-0.2, 0) is 4.79 Å². The van der Waals surface area contributed by atoms with Gasteiger partial charge in [0.05, 0.1) is 6.54 Å². The van der Waals surface area contributed by atoms with Crippen molar-refractivity contribution in [2.45, 2.75) is 25.8 Å². The quantitative estimate of drug-likeness (QED) is 0.888. The molecule has 6 heteroatoms. The third-order valence-corrected chi connectivity index (χ3v) is 4.55. The minimum atomic E-state index is 0. The van der Waals surface area contributed by atoms with Crippen LogP contribution in [-0.4, -0.2) is 60.4 Å². The number of piperazine rings is 1. The lowest BCUT2D eigenvalue weighted by molar-refractivity contribution is -0.135. The number of halogens is 1. The molecule has 2 fully saturated rings. The molecule has 5 nitrogen and oxygen atoms in total. The molecule has 0 aromatic heterocycles. The minimum absolute atomic E-state index is 0. The number of benzene rings is 1. The monoisotopic (exact) mass is 337 g/mol. The summed E-state index contributed by atoms with van der Waals surface area (Å²) in [5, 5.41) is 3.10. The van der Waals surface area contributed by atoms with Crippen molar-refractivity contribution < 1.29 is 9.59 Å². The number of rotatable bonds is 2. The number of carbonyl (C=O) groups is 2. The first-order valence-electron chi connectivity index (χ1n) is 8.01. The minimum Gasteiger partial charge on any atom is -0.337 e. The summed E-state index contributed by atoms with van der Waals surface area (Å²) in [7, 11) is 0. The third-order valence-electron chi connectivity index (χ3n) is 4.55. The zero-order valence-electron chi connectivity index (χ0n) is 13.5. The van der Waals surface area contributed by atoms with E-state index in [0.29, 0.717) is 13.1 Å². The van der Waals surface area contributed by atoms with Crippen LogP contribution in [0.2, 0.25) is 0 Å². The van der Waals surface area contributed by atoms with Crippen molar-refractivity contribution in [3.8, 4) is 0 Å². The van der Waals surface area contributed by atoms with E-state index in [9.17, 15) is 9.59 Å². The highest BCUT2D eigenvalue weighted by atomic mass is 35.5. The first-order chi connectivity index (χ1) is 10.6. The molecule has 23 heavy (non-hydrogen) atoms. The van der Waals surface area contributed by atoms with Gasteiger partial charge in [-0.05, 0) is 31.9 Å². The second kappa shape index (κ2) is 7.79. The molecule has 0 bridgehead atoms. The van der Waals surface area contributed by atoms with Crippen molar-refractivity contribution in [1.82, 2.24) is 15.1 Å². The summed E-state index contributed by atoms with van der Waals surface area (Å²) < 4.78 is 0. The number of aryl methyl sites for hydroxylation is 1. The van der Waals surface area contributed by atoms with Gasteiger partial charge < -0.3 is 15.1 Å². The zero-order valence-corrected chi connectivity index (χ0v) is 14.3. The molecule has 0 spiro atoms. The summed E-state index contributed by atoms with van der Waals surface area (Å²) in [6, 6.07) is 7.87. The Balaban J connectivity index is 0.00000192. The molecule has 1 N–H and O–H groups in total. The molecule has 2 aliphatic rings. The Morgan fingerprint density at radius 3 is 2.65 bits per heavy atom. The molecule has 2 heterocycles. The van der Waals surface area contributed by atoms with Crippen molar-refractivity contribution in [3.05, 3.63) is 35.4 Å². The van der Waals surface area contributed by atoms with Crippen molar-refractivity contribution >= 4 is 24.2 Å². The van der Waals surface area contributed by atoms with Crippen molar-refractivity contribution in [2.24, 2.45) is 0 Å². The molecule has 2 aliphatic heterocycles. The Labute approximate surface area is 143 Å². The maximum absolute atomic E-state index is 12.6. The van der Waals surface area contributed by atoms with Gasteiger partial charge in [0.1, 0.15) is 0 Å². The van der Waals surface area contributed by atoms with Crippen LogP contribution in [0.3, 0.4) is 0 Å². The number of hydrogen-bond acceptors (Lipinski definition) is 3. The van der Waals surface area contributed by atoms with Gasteiger partial charge in [-0.3, -0.25) is 9.59 Å². The first-order valence-corrected chi connectivity index (χ1v) is 8.01. The van der Waals surface area contributed by atoms with Gasteiger partial charge in [-0.2, -0.15) is 0 Å². The van der Waals surface area contributed by atoms with E-state index in [0.717, 1.165) is 43.6 Å². The van der Waals surface area contributed by atoms with E-state index >= 15 is 0 Å². The van der Waals surface area contributed by atoms with Gasteiger partial charge in [0.25, 0.3) is 5.91 Å². The van der Waals surface area contributed by atoms with Gasteiger partial charge in [-0.1, -0.05) is 17.7 Å². The Morgan fingerprint density at radius 2 is 1.96 bits per heavy atom. The summed E-state index contributed by atoms with van der Waals surface area (Å²) in [6.45, 7) is 5.45. The van der Waals surface area contributed by atoms with E-state index in [1.165, 1.54) is 0 Å². The molecule has 0 aliphatic carbocycles. The molecule has 1 atom stereocenters. The van der Waals surface area contributed by atoms with Crippen molar-refractivity contribution in [1.29, 1.82) is 0 Å². The Bertz CT molecular complexity index is 561. The number of piperidine rings is 1. The van der Waals surface area contributed by atoms with Crippen molar-refractivity contribution in [3.63, 3.8) is 0 Å². The number of carbonyl (C=O) groups excluding carboxylic acids is 2. The van der Waals surface area contributed by atoms with Crippen molar-refractivity contribution in [2.75, 3.05) is 32.7 Å². The van der Waals surface area contributed by atoms with Crippen LogP contribution in [0.25, 0.3) is 0 Å². The normalized spacial score (nSPS) is 21.8. The molecule has 1 aromatic rings. The van der Waals surface area contributed by atoms with E-state index in [2.05, 4.69) is 5.32 Å². The highest BCUT2D eigenvalue weighted by Gasteiger charge is 2.31. The van der Waals surface area contributed by atoms with Crippen LogP contribution in [0, 0.1) is 6.92 Å². The lowest BCUT2D eigenvalue weighted by Gasteiger charge is -2.41. The van der Waals surface area contributed by atoms with Crippen LogP contribution >= 0.6 is 12.4 Å². The van der Waals surface area contributed by atoms with Gasteiger partial charge in [0, 0.05) is 37.8 Å². The average molecular weight is 338 g/mol. The third kappa shape index (κ3) is 4.03. The van der Waals surface area contributed by atoms with E-state index < -0.39 is 0 Å². The predicted molar refractivity (Wildman–Crippen MR) is 91.9 cm³/mol. The van der Waals surface area contributed by atoms with Crippen LogP contribution in [0.5, 0.6) is 0 Å². The lowest BCUT2D eigenvalue weighted by Crippen LogP contribution is -2.57. The Kier molecular flexibility index (Phi) is 6.02. The fraction of sp³-hybridized carbons (Fsp3) is 0.529. The number of nitrogens with one attached hydrogen (secondary N) is 1. The average Bonchev–Trinajstić information content (AvgIpc) is 2.55. The summed E-state index contributed by atoms with van der Waals surface area (Å²) >= 11 is 0. The topological polar surface area (TPSA) is 52.7 Å². The molecule has 1 aromatic carbocycles. The smallest absolute Gasteiger partial charge is 0.253 e. The second-order valence-corrected chi connectivity index (χ2v) is 6.18. The van der Waals surface area contributed by atoms with Crippen LogP contribution in [0.1, 0.15) is 28.8 Å². The summed E-state index contributed by atoms with van der Waals surface area (Å²) in [6.07, 6.45) is 1.95. The Hall–Kier alpha value is -1.59. The molecule has 2 saturated heterocycles. The number of amides is 2. The van der Waals surface area contributed by atoms with Gasteiger partial charge in [0.15, 0.2) is 0 Å². The molecular weight excluding hydrogens is 314 g/mol. The zero-order chi connectivity index (χ0) is 15.5. The lowest BCUT2D eigenvalue weighted by atomic mass is 10.0. The maximum atomic E-state index is 12.6. The van der Waals surface area contributed by atoms with Gasteiger partial charge in [-0.25, -0.2) is 0 Å². The summed E-state index contributed by atoms with van der Waals surface area (Å²) in [5.41, 5.74) is 1.89. The highest BCUT2D eigenvalue weighted by Crippen LogP contribution is 2.19. The van der Waals surface area contributed by atoms with Gasteiger partial charge in [-0.15, -0.1) is 12.4 Å². The summed E-state index contributed by atoms with van der Waals surface area (Å²) in [4.78, 5) is 28.5. The van der Waals surface area contributed by atoms with E-state index in [-0.39, 0.29) is 30.3 Å². The fourth-order valence-corrected chi connectivity index (χ4v) is 3.28. The van der Waals surface area contributed by atoms with E-state index in [4.69, 9.17) is 0 Å². The SMILES string of the molecule is Cc1ccc(C(=O)N2CCCC(N3CCNCC3=O)C2)cc1.Cl. The predicted octanol–water partition coefficient (Wildman–Crippen LogP) is 1.45. The fourth-order valence-electron chi connectivity index (χ4n) is 3.28.